The van der Waals surface area contributed by atoms with Gasteiger partial charge in [-0.15, -0.1) is 12.4 Å². The quantitative estimate of drug-likeness (QED) is 0.856. The molecular formula is C16H24ClN3O3. The molecular weight excluding hydrogens is 318 g/mol. The van der Waals surface area contributed by atoms with Crippen molar-refractivity contribution in [2.24, 2.45) is 11.7 Å². The number of hydrogen-bond acceptors (Lipinski definition) is 4. The number of nitrogens with two attached hydrogens (primary N) is 1. The maximum atomic E-state index is 12.4. The number of ether oxygens (including phenoxy) is 1. The van der Waals surface area contributed by atoms with Crippen LogP contribution in [0.2, 0.25) is 0 Å². The maximum Gasteiger partial charge on any atom is 0.253 e. The number of methoxy groups -OCH3 is 1. The highest BCUT2D eigenvalue weighted by Crippen LogP contribution is 2.27. The van der Waals surface area contributed by atoms with Gasteiger partial charge < -0.3 is 20.7 Å². The Hall–Kier alpha value is -1.79. The zero-order valence-electron chi connectivity index (χ0n) is 13.5. The molecule has 1 aliphatic rings. The van der Waals surface area contributed by atoms with E-state index in [1.807, 2.05) is 4.90 Å². The average Bonchev–Trinajstić information content (AvgIpc) is 3.07. The lowest BCUT2D eigenvalue weighted by atomic mass is 10.1. The van der Waals surface area contributed by atoms with Crippen molar-refractivity contribution in [1.29, 1.82) is 0 Å². The van der Waals surface area contributed by atoms with Gasteiger partial charge in [0, 0.05) is 31.1 Å². The van der Waals surface area contributed by atoms with E-state index in [0.717, 1.165) is 25.9 Å². The maximum absolute atomic E-state index is 12.4. The first-order valence-electron chi connectivity index (χ1n) is 7.55. The molecule has 0 spiro atoms. The summed E-state index contributed by atoms with van der Waals surface area (Å²) < 4.78 is 5.25. The van der Waals surface area contributed by atoms with Crippen LogP contribution in [0.1, 0.15) is 30.1 Å². The number of carbonyl (C=O) groups is 2. The normalized spacial score (nSPS) is 14.8. The lowest BCUT2D eigenvalue weighted by molar-refractivity contribution is -0.119. The Bertz CT molecular complexity index is 560. The molecule has 6 nitrogen and oxygen atoms in total. The van der Waals surface area contributed by atoms with Crippen molar-refractivity contribution in [3.05, 3.63) is 23.8 Å². The molecule has 0 bridgehead atoms. The molecule has 1 atom stereocenters. The van der Waals surface area contributed by atoms with Gasteiger partial charge in [-0.2, -0.15) is 0 Å². The molecule has 3 N–H and O–H groups in total. The smallest absolute Gasteiger partial charge is 0.253 e. The predicted molar refractivity (Wildman–Crippen MR) is 92.2 cm³/mol. The van der Waals surface area contributed by atoms with Crippen LogP contribution < -0.4 is 15.8 Å². The Kier molecular flexibility index (Phi) is 7.32. The topological polar surface area (TPSA) is 84.7 Å². The fraction of sp³-hybridized carbons (Fsp3) is 0.500. The van der Waals surface area contributed by atoms with E-state index in [1.165, 1.54) is 7.11 Å². The Balaban J connectivity index is 0.00000264. The molecule has 1 saturated heterocycles. The van der Waals surface area contributed by atoms with E-state index in [9.17, 15) is 9.59 Å². The highest BCUT2D eigenvalue weighted by molar-refractivity contribution is 5.99. The number of carbonyl (C=O) groups excluding carboxylic acids is 2. The Morgan fingerprint density at radius 1 is 1.35 bits per heavy atom. The molecule has 1 fully saturated rings. The molecule has 0 aromatic heterocycles. The standard InChI is InChI=1S/C16H23N3O3.ClH/c1-11(10-17)15(20)18-13-9-12(5-6-14(13)22-2)16(21)19-7-3-4-8-19;/h5-6,9,11H,3-4,7-8,10,17H2,1-2H3,(H,18,20);1H. The van der Waals surface area contributed by atoms with E-state index < -0.39 is 0 Å². The second kappa shape index (κ2) is 8.74. The van der Waals surface area contributed by atoms with Crippen LogP contribution in [0.4, 0.5) is 5.69 Å². The van der Waals surface area contributed by atoms with Gasteiger partial charge in [0.05, 0.1) is 12.8 Å². The molecule has 0 radical (unpaired) electrons. The Morgan fingerprint density at radius 3 is 2.57 bits per heavy atom. The van der Waals surface area contributed by atoms with Gasteiger partial charge in [0.2, 0.25) is 5.91 Å². The lowest BCUT2D eigenvalue weighted by Crippen LogP contribution is -2.28. The number of likely N-dealkylation sites (tertiary alicyclic amines) is 1. The van der Waals surface area contributed by atoms with E-state index in [4.69, 9.17) is 10.5 Å². The summed E-state index contributed by atoms with van der Waals surface area (Å²) in [4.78, 5) is 26.3. The fourth-order valence-corrected chi connectivity index (χ4v) is 2.40. The van der Waals surface area contributed by atoms with E-state index in [0.29, 0.717) is 17.0 Å². The number of benzene rings is 1. The first-order valence-corrected chi connectivity index (χ1v) is 7.55. The summed E-state index contributed by atoms with van der Waals surface area (Å²) in [6.45, 7) is 3.59. The van der Waals surface area contributed by atoms with Gasteiger partial charge in [0.25, 0.3) is 5.91 Å². The second-order valence-corrected chi connectivity index (χ2v) is 5.54. The van der Waals surface area contributed by atoms with E-state index >= 15 is 0 Å². The minimum absolute atomic E-state index is 0. The van der Waals surface area contributed by atoms with Gasteiger partial charge >= 0.3 is 0 Å². The van der Waals surface area contributed by atoms with Crippen molar-refractivity contribution in [3.63, 3.8) is 0 Å². The van der Waals surface area contributed by atoms with Crippen molar-refractivity contribution in [2.75, 3.05) is 32.1 Å². The van der Waals surface area contributed by atoms with Crippen molar-refractivity contribution in [3.8, 4) is 5.75 Å². The predicted octanol–water partition coefficient (Wildman–Crippen LogP) is 1.89. The van der Waals surface area contributed by atoms with E-state index in [1.54, 1.807) is 25.1 Å². The van der Waals surface area contributed by atoms with Crippen LogP contribution in [-0.2, 0) is 4.79 Å². The van der Waals surface area contributed by atoms with Gasteiger partial charge in [-0.25, -0.2) is 0 Å². The lowest BCUT2D eigenvalue weighted by Gasteiger charge is -2.18. The molecule has 1 unspecified atom stereocenters. The summed E-state index contributed by atoms with van der Waals surface area (Å²) in [5.74, 6) is 0.0206. The third kappa shape index (κ3) is 4.59. The molecule has 128 valence electrons. The third-order valence-corrected chi connectivity index (χ3v) is 3.90. The highest BCUT2D eigenvalue weighted by atomic mass is 35.5. The molecule has 0 aliphatic carbocycles. The molecule has 0 saturated carbocycles. The van der Waals surface area contributed by atoms with Crippen LogP contribution in [0.25, 0.3) is 0 Å². The number of halogens is 1. The second-order valence-electron chi connectivity index (χ2n) is 5.54. The summed E-state index contributed by atoms with van der Waals surface area (Å²) in [6, 6.07) is 5.09. The minimum Gasteiger partial charge on any atom is -0.495 e. The van der Waals surface area contributed by atoms with Crippen LogP contribution in [-0.4, -0.2) is 43.5 Å². The van der Waals surface area contributed by atoms with Crippen LogP contribution in [0.3, 0.4) is 0 Å². The molecule has 1 aliphatic heterocycles. The highest BCUT2D eigenvalue weighted by Gasteiger charge is 2.21. The van der Waals surface area contributed by atoms with Crippen molar-refractivity contribution < 1.29 is 14.3 Å². The summed E-state index contributed by atoms with van der Waals surface area (Å²) in [5.41, 5.74) is 6.56. The summed E-state index contributed by atoms with van der Waals surface area (Å²) in [6.07, 6.45) is 2.08. The van der Waals surface area contributed by atoms with Gasteiger partial charge in [0.1, 0.15) is 5.75 Å². The number of amides is 2. The molecule has 2 rings (SSSR count). The molecule has 1 aromatic rings. The Morgan fingerprint density at radius 2 is 2.00 bits per heavy atom. The number of nitrogens with zero attached hydrogens (tertiary/aromatic N) is 1. The monoisotopic (exact) mass is 341 g/mol. The zero-order chi connectivity index (χ0) is 16.1. The molecule has 23 heavy (non-hydrogen) atoms. The summed E-state index contributed by atoms with van der Waals surface area (Å²) in [7, 11) is 1.53. The zero-order valence-corrected chi connectivity index (χ0v) is 14.3. The molecule has 2 amide bonds. The van der Waals surface area contributed by atoms with Gasteiger partial charge in [-0.1, -0.05) is 6.92 Å². The van der Waals surface area contributed by atoms with Crippen LogP contribution >= 0.6 is 12.4 Å². The number of nitrogens with one attached hydrogen (secondary N) is 1. The molecule has 7 heteroatoms. The van der Waals surface area contributed by atoms with Crippen molar-refractivity contribution in [1.82, 2.24) is 4.90 Å². The Labute approximate surface area is 142 Å². The van der Waals surface area contributed by atoms with E-state index in [-0.39, 0.29) is 36.7 Å². The molecule has 1 aromatic carbocycles. The van der Waals surface area contributed by atoms with Crippen LogP contribution in [0.15, 0.2) is 18.2 Å². The summed E-state index contributed by atoms with van der Waals surface area (Å²) >= 11 is 0. The minimum atomic E-state index is -0.303. The molecule has 1 heterocycles. The van der Waals surface area contributed by atoms with Crippen molar-refractivity contribution >= 4 is 29.9 Å². The van der Waals surface area contributed by atoms with Gasteiger partial charge in [-0.3, -0.25) is 9.59 Å². The van der Waals surface area contributed by atoms with Crippen molar-refractivity contribution in [2.45, 2.75) is 19.8 Å². The largest absolute Gasteiger partial charge is 0.495 e. The van der Waals surface area contributed by atoms with Gasteiger partial charge in [0.15, 0.2) is 0 Å². The number of hydrogen-bond donors (Lipinski definition) is 2. The van der Waals surface area contributed by atoms with Gasteiger partial charge in [-0.05, 0) is 31.0 Å². The SMILES string of the molecule is COc1ccc(C(=O)N2CCCC2)cc1NC(=O)C(C)CN.Cl. The number of rotatable bonds is 5. The van der Waals surface area contributed by atoms with Crippen LogP contribution in [0.5, 0.6) is 5.75 Å². The average molecular weight is 342 g/mol. The first kappa shape index (κ1) is 19.3. The van der Waals surface area contributed by atoms with E-state index in [2.05, 4.69) is 5.32 Å². The number of anilines is 1. The first-order chi connectivity index (χ1) is 10.6. The van der Waals surface area contributed by atoms with Crippen LogP contribution in [0, 0.1) is 5.92 Å². The summed E-state index contributed by atoms with van der Waals surface area (Å²) in [5, 5.41) is 2.78. The third-order valence-electron chi connectivity index (χ3n) is 3.90. The fourth-order valence-electron chi connectivity index (χ4n) is 2.40.